The van der Waals surface area contributed by atoms with Crippen LogP contribution in [-0.2, 0) is 9.53 Å². The van der Waals surface area contributed by atoms with Crippen molar-refractivity contribution in [3.05, 3.63) is 0 Å². The predicted octanol–water partition coefficient (Wildman–Crippen LogP) is 1.04. The van der Waals surface area contributed by atoms with Crippen LogP contribution in [0.3, 0.4) is 0 Å². The summed E-state index contributed by atoms with van der Waals surface area (Å²) in [6, 6.07) is -0.353. The van der Waals surface area contributed by atoms with E-state index in [-0.39, 0.29) is 6.04 Å². The molecular weight excluding hydrogens is 244 g/mol. The summed E-state index contributed by atoms with van der Waals surface area (Å²) in [5.41, 5.74) is 0. The number of hydrogen-bond donors (Lipinski definition) is 1. The van der Waals surface area contributed by atoms with Gasteiger partial charge in [0.2, 0.25) is 0 Å². The molecule has 2 saturated heterocycles. The second-order valence-corrected chi connectivity index (χ2v) is 5.67. The summed E-state index contributed by atoms with van der Waals surface area (Å²) in [7, 11) is 0. The van der Waals surface area contributed by atoms with Gasteiger partial charge in [0.1, 0.15) is 6.04 Å². The van der Waals surface area contributed by atoms with E-state index in [1.807, 2.05) is 0 Å². The second-order valence-electron chi connectivity index (χ2n) is 5.67. The maximum absolute atomic E-state index is 10.9. The van der Waals surface area contributed by atoms with E-state index in [1.54, 1.807) is 6.92 Å². The molecule has 2 aliphatic heterocycles. The Bertz CT molecular complexity index is 284. The Hall–Kier alpha value is -0.650. The molecular formula is C14H26N2O3. The Labute approximate surface area is 115 Å². The topological polar surface area (TPSA) is 53.0 Å². The molecule has 0 saturated carbocycles. The Morgan fingerprint density at radius 2 is 2.11 bits per heavy atom. The van der Waals surface area contributed by atoms with Gasteiger partial charge in [-0.25, -0.2) is 0 Å². The van der Waals surface area contributed by atoms with Crippen LogP contribution in [0.5, 0.6) is 0 Å². The molecule has 0 spiro atoms. The van der Waals surface area contributed by atoms with Crippen molar-refractivity contribution in [2.24, 2.45) is 0 Å². The first-order chi connectivity index (χ1) is 9.16. The molecule has 1 N–H and O–H groups in total. The summed E-state index contributed by atoms with van der Waals surface area (Å²) < 4.78 is 5.63. The standard InChI is InChI=1S/C14H26N2O3/c1-12(14(17)18)16-9-7-15(8-10-16)6-2-4-13-5-3-11-19-13/h12-13H,2-11H2,1H3,(H,17,18). The molecule has 2 heterocycles. The zero-order valence-corrected chi connectivity index (χ0v) is 11.9. The quantitative estimate of drug-likeness (QED) is 0.781. The Balaban J connectivity index is 1.59. The highest BCUT2D eigenvalue weighted by Crippen LogP contribution is 2.17. The van der Waals surface area contributed by atoms with Crippen molar-refractivity contribution in [1.82, 2.24) is 9.80 Å². The zero-order chi connectivity index (χ0) is 13.7. The summed E-state index contributed by atoms with van der Waals surface area (Å²) in [5, 5.41) is 8.99. The fourth-order valence-electron chi connectivity index (χ4n) is 2.95. The van der Waals surface area contributed by atoms with Gasteiger partial charge in [-0.15, -0.1) is 0 Å². The van der Waals surface area contributed by atoms with Gasteiger partial charge < -0.3 is 14.7 Å². The van der Waals surface area contributed by atoms with E-state index in [0.29, 0.717) is 6.10 Å². The highest BCUT2D eigenvalue weighted by Gasteiger charge is 2.25. The first kappa shape index (κ1) is 14.8. The van der Waals surface area contributed by atoms with Gasteiger partial charge in [0, 0.05) is 32.8 Å². The molecule has 0 aromatic rings. The molecule has 19 heavy (non-hydrogen) atoms. The van der Waals surface area contributed by atoms with Crippen LogP contribution in [-0.4, -0.2) is 72.4 Å². The normalized spacial score (nSPS) is 27.5. The average Bonchev–Trinajstić information content (AvgIpc) is 2.92. The number of nitrogens with zero attached hydrogens (tertiary/aromatic N) is 2. The van der Waals surface area contributed by atoms with Crippen molar-refractivity contribution in [2.75, 3.05) is 39.3 Å². The lowest BCUT2D eigenvalue weighted by Crippen LogP contribution is -2.51. The lowest BCUT2D eigenvalue weighted by atomic mass is 10.1. The number of ether oxygens (including phenoxy) is 1. The van der Waals surface area contributed by atoms with Crippen molar-refractivity contribution in [3.8, 4) is 0 Å². The molecule has 0 aliphatic carbocycles. The van der Waals surface area contributed by atoms with Crippen LogP contribution < -0.4 is 0 Å². The molecule has 0 aromatic heterocycles. The minimum Gasteiger partial charge on any atom is -0.480 e. The number of aliphatic carboxylic acids is 1. The molecule has 5 heteroatoms. The van der Waals surface area contributed by atoms with Crippen molar-refractivity contribution in [1.29, 1.82) is 0 Å². The van der Waals surface area contributed by atoms with Gasteiger partial charge >= 0.3 is 5.97 Å². The number of rotatable bonds is 6. The molecule has 2 fully saturated rings. The van der Waals surface area contributed by atoms with Crippen LogP contribution >= 0.6 is 0 Å². The molecule has 0 amide bonds. The molecule has 2 atom stereocenters. The third-order valence-electron chi connectivity index (χ3n) is 4.34. The summed E-state index contributed by atoms with van der Waals surface area (Å²) in [5.74, 6) is -0.716. The smallest absolute Gasteiger partial charge is 0.320 e. The number of carboxylic acid groups (broad SMARTS) is 1. The maximum atomic E-state index is 10.9. The summed E-state index contributed by atoms with van der Waals surface area (Å²) >= 11 is 0. The molecule has 2 aliphatic rings. The minimum absolute atomic E-state index is 0.353. The molecule has 110 valence electrons. The highest BCUT2D eigenvalue weighted by molar-refractivity contribution is 5.72. The Morgan fingerprint density at radius 1 is 1.37 bits per heavy atom. The number of hydrogen-bond acceptors (Lipinski definition) is 4. The average molecular weight is 270 g/mol. The number of carbonyl (C=O) groups is 1. The number of piperazine rings is 1. The van der Waals surface area contributed by atoms with Crippen molar-refractivity contribution < 1.29 is 14.6 Å². The summed E-state index contributed by atoms with van der Waals surface area (Å²) in [6.07, 6.45) is 5.30. The molecule has 2 unspecified atom stereocenters. The van der Waals surface area contributed by atoms with Crippen LogP contribution in [0.15, 0.2) is 0 Å². The van der Waals surface area contributed by atoms with Gasteiger partial charge in [-0.3, -0.25) is 9.69 Å². The SMILES string of the molecule is CC(C(=O)O)N1CCN(CCCC2CCCO2)CC1. The lowest BCUT2D eigenvalue weighted by Gasteiger charge is -2.36. The number of carboxylic acids is 1. The monoisotopic (exact) mass is 270 g/mol. The van der Waals surface area contributed by atoms with E-state index in [1.165, 1.54) is 25.7 Å². The van der Waals surface area contributed by atoms with Gasteiger partial charge in [-0.2, -0.15) is 0 Å². The van der Waals surface area contributed by atoms with Gasteiger partial charge in [0.15, 0.2) is 0 Å². The zero-order valence-electron chi connectivity index (χ0n) is 11.9. The fraction of sp³-hybridized carbons (Fsp3) is 0.929. The largest absolute Gasteiger partial charge is 0.480 e. The second kappa shape index (κ2) is 7.22. The van der Waals surface area contributed by atoms with E-state index in [2.05, 4.69) is 9.80 Å². The van der Waals surface area contributed by atoms with E-state index in [9.17, 15) is 4.79 Å². The van der Waals surface area contributed by atoms with Crippen molar-refractivity contribution in [2.45, 2.75) is 44.8 Å². The van der Waals surface area contributed by atoms with E-state index in [4.69, 9.17) is 9.84 Å². The van der Waals surface area contributed by atoms with E-state index < -0.39 is 5.97 Å². The first-order valence-electron chi connectivity index (χ1n) is 7.47. The molecule has 0 bridgehead atoms. The minimum atomic E-state index is -0.716. The van der Waals surface area contributed by atoms with Crippen LogP contribution in [0.1, 0.15) is 32.6 Å². The molecule has 2 rings (SSSR count). The molecule has 0 aromatic carbocycles. The third kappa shape index (κ3) is 4.44. The lowest BCUT2D eigenvalue weighted by molar-refractivity contribution is -0.143. The van der Waals surface area contributed by atoms with Gasteiger partial charge in [0.25, 0.3) is 0 Å². The first-order valence-corrected chi connectivity index (χ1v) is 7.47. The Kier molecular flexibility index (Phi) is 5.60. The third-order valence-corrected chi connectivity index (χ3v) is 4.34. The maximum Gasteiger partial charge on any atom is 0.320 e. The van der Waals surface area contributed by atoms with Gasteiger partial charge in [-0.05, 0) is 39.2 Å². The van der Waals surface area contributed by atoms with Crippen molar-refractivity contribution in [3.63, 3.8) is 0 Å². The van der Waals surface area contributed by atoms with Crippen molar-refractivity contribution >= 4 is 5.97 Å². The van der Waals surface area contributed by atoms with Crippen LogP contribution in [0.2, 0.25) is 0 Å². The van der Waals surface area contributed by atoms with Crippen LogP contribution in [0.25, 0.3) is 0 Å². The highest BCUT2D eigenvalue weighted by atomic mass is 16.5. The van der Waals surface area contributed by atoms with Crippen LogP contribution in [0, 0.1) is 0 Å². The fourth-order valence-corrected chi connectivity index (χ4v) is 2.95. The van der Waals surface area contributed by atoms with Crippen LogP contribution in [0.4, 0.5) is 0 Å². The molecule has 5 nitrogen and oxygen atoms in total. The van der Waals surface area contributed by atoms with E-state index in [0.717, 1.165) is 39.3 Å². The summed E-state index contributed by atoms with van der Waals surface area (Å²) in [6.45, 7) is 7.55. The summed E-state index contributed by atoms with van der Waals surface area (Å²) in [4.78, 5) is 15.4. The van der Waals surface area contributed by atoms with Gasteiger partial charge in [-0.1, -0.05) is 0 Å². The Morgan fingerprint density at radius 3 is 2.68 bits per heavy atom. The van der Waals surface area contributed by atoms with Gasteiger partial charge in [0.05, 0.1) is 6.10 Å². The predicted molar refractivity (Wildman–Crippen MR) is 73.3 cm³/mol. The van der Waals surface area contributed by atoms with E-state index >= 15 is 0 Å². The molecule has 0 radical (unpaired) electrons.